The number of carbonyl (C=O) groups excluding carboxylic acids is 1. The van der Waals surface area contributed by atoms with Crippen molar-refractivity contribution >= 4 is 5.78 Å². The van der Waals surface area contributed by atoms with Crippen molar-refractivity contribution in [1.82, 2.24) is 4.90 Å². The van der Waals surface area contributed by atoms with E-state index in [0.717, 1.165) is 32.1 Å². The van der Waals surface area contributed by atoms with E-state index in [0.29, 0.717) is 5.78 Å². The smallest absolute Gasteiger partial charge is 0.156 e. The van der Waals surface area contributed by atoms with E-state index < -0.39 is 0 Å². The zero-order chi connectivity index (χ0) is 18.3. The molecule has 1 atom stereocenters. The van der Waals surface area contributed by atoms with Crippen LogP contribution in [-0.2, 0) is 4.79 Å². The molecule has 23 heavy (non-hydrogen) atoms. The molecule has 0 aromatic carbocycles. The Kier molecular flexibility index (Phi) is 5.84. The molecule has 1 fully saturated rings. The molecule has 0 bridgehead atoms. The Morgan fingerprint density at radius 2 is 1.35 bits per heavy atom. The van der Waals surface area contributed by atoms with Gasteiger partial charge >= 0.3 is 0 Å². The molecule has 1 unspecified atom stereocenters. The van der Waals surface area contributed by atoms with Crippen molar-refractivity contribution in [3.05, 3.63) is 0 Å². The zero-order valence-electron chi connectivity index (χ0n) is 17.5. The third kappa shape index (κ3) is 3.25. The van der Waals surface area contributed by atoms with Gasteiger partial charge in [-0.15, -0.1) is 0 Å². The van der Waals surface area contributed by atoms with Crippen LogP contribution in [-0.4, -0.2) is 27.3 Å². The fourth-order valence-electron chi connectivity index (χ4n) is 5.28. The third-order valence-electron chi connectivity index (χ3n) is 6.46. The summed E-state index contributed by atoms with van der Waals surface area (Å²) in [5.41, 5.74) is -0.167. The van der Waals surface area contributed by atoms with E-state index in [1.165, 1.54) is 0 Å². The maximum Gasteiger partial charge on any atom is 0.156 e. The molecule has 0 radical (unpaired) electrons. The SMILES string of the molecule is CCC1(CC)CC(C(C)(C)C)C(=O)C(CC)(CC)N1C(C)(C)C. The maximum absolute atomic E-state index is 13.7. The van der Waals surface area contributed by atoms with E-state index in [4.69, 9.17) is 0 Å². The number of hydrogen-bond acceptors (Lipinski definition) is 2. The molecule has 1 aliphatic rings. The Morgan fingerprint density at radius 1 is 0.913 bits per heavy atom. The number of carbonyl (C=O) groups is 1. The summed E-state index contributed by atoms with van der Waals surface area (Å²) in [6.07, 6.45) is 5.05. The van der Waals surface area contributed by atoms with Crippen LogP contribution in [0.5, 0.6) is 0 Å². The van der Waals surface area contributed by atoms with Crippen LogP contribution in [0.3, 0.4) is 0 Å². The van der Waals surface area contributed by atoms with E-state index >= 15 is 0 Å². The van der Waals surface area contributed by atoms with Crippen LogP contribution in [0.1, 0.15) is 101 Å². The summed E-state index contributed by atoms with van der Waals surface area (Å²) in [7, 11) is 0. The van der Waals surface area contributed by atoms with Crippen LogP contribution in [0, 0.1) is 11.3 Å². The fourth-order valence-corrected chi connectivity index (χ4v) is 5.28. The Morgan fingerprint density at radius 3 is 1.61 bits per heavy atom. The van der Waals surface area contributed by atoms with Crippen LogP contribution < -0.4 is 0 Å². The molecule has 0 spiro atoms. The van der Waals surface area contributed by atoms with Gasteiger partial charge in [-0.3, -0.25) is 9.69 Å². The Balaban J connectivity index is 3.67. The molecule has 0 N–H and O–H groups in total. The summed E-state index contributed by atoms with van der Waals surface area (Å²) in [4.78, 5) is 16.3. The number of likely N-dealkylation sites (tertiary alicyclic amines) is 1. The number of rotatable bonds is 4. The monoisotopic (exact) mass is 323 g/mol. The van der Waals surface area contributed by atoms with Crippen LogP contribution in [0.4, 0.5) is 0 Å². The van der Waals surface area contributed by atoms with Crippen molar-refractivity contribution in [2.45, 2.75) is 118 Å². The van der Waals surface area contributed by atoms with Gasteiger partial charge in [-0.1, -0.05) is 48.5 Å². The first-order chi connectivity index (χ1) is 10.4. The average Bonchev–Trinajstić information content (AvgIpc) is 2.45. The van der Waals surface area contributed by atoms with Crippen molar-refractivity contribution in [3.8, 4) is 0 Å². The first kappa shape index (κ1) is 20.7. The minimum absolute atomic E-state index is 0.00342. The van der Waals surface area contributed by atoms with Crippen molar-refractivity contribution < 1.29 is 4.79 Å². The lowest BCUT2D eigenvalue weighted by Gasteiger charge is -2.65. The normalized spacial score (nSPS) is 25.7. The quantitative estimate of drug-likeness (QED) is 0.648. The predicted molar refractivity (Wildman–Crippen MR) is 101 cm³/mol. The summed E-state index contributed by atoms with van der Waals surface area (Å²) in [6, 6.07) is 0. The van der Waals surface area contributed by atoms with E-state index in [1.54, 1.807) is 0 Å². The minimum atomic E-state index is -0.319. The van der Waals surface area contributed by atoms with Crippen molar-refractivity contribution in [2.24, 2.45) is 11.3 Å². The number of ketones is 1. The van der Waals surface area contributed by atoms with Gasteiger partial charge in [0.2, 0.25) is 0 Å². The number of hydrogen-bond donors (Lipinski definition) is 0. The molecule has 136 valence electrons. The summed E-state index contributed by atoms with van der Waals surface area (Å²) in [6.45, 7) is 22.6. The van der Waals surface area contributed by atoms with Gasteiger partial charge in [0.05, 0.1) is 5.54 Å². The zero-order valence-corrected chi connectivity index (χ0v) is 17.5. The Hall–Kier alpha value is -0.370. The molecule has 1 rings (SSSR count). The highest BCUT2D eigenvalue weighted by molar-refractivity contribution is 5.92. The predicted octanol–water partition coefficient (Wildman–Crippen LogP) is 5.84. The number of Topliss-reactive ketones (excluding diaryl/α,β-unsaturated/α-hetero) is 1. The summed E-state index contributed by atoms with van der Waals surface area (Å²) < 4.78 is 0. The van der Waals surface area contributed by atoms with Crippen molar-refractivity contribution in [1.29, 1.82) is 0 Å². The molecule has 2 heteroatoms. The molecule has 1 aliphatic heterocycles. The lowest BCUT2D eigenvalue weighted by Crippen LogP contribution is -2.74. The summed E-state index contributed by atoms with van der Waals surface area (Å²) >= 11 is 0. The average molecular weight is 324 g/mol. The van der Waals surface area contributed by atoms with Crippen LogP contribution >= 0.6 is 0 Å². The van der Waals surface area contributed by atoms with Gasteiger partial charge in [-0.2, -0.15) is 0 Å². The lowest BCUT2D eigenvalue weighted by molar-refractivity contribution is -0.178. The molecule has 0 aromatic heterocycles. The second-order valence-electron chi connectivity index (χ2n) is 9.66. The molecule has 0 saturated carbocycles. The van der Waals surface area contributed by atoms with Gasteiger partial charge in [-0.05, 0) is 58.3 Å². The molecule has 0 aliphatic carbocycles. The van der Waals surface area contributed by atoms with Crippen molar-refractivity contribution in [2.75, 3.05) is 0 Å². The topological polar surface area (TPSA) is 20.3 Å². The fraction of sp³-hybridized carbons (Fsp3) is 0.952. The van der Waals surface area contributed by atoms with E-state index in [-0.39, 0.29) is 27.9 Å². The number of piperidine rings is 1. The highest BCUT2D eigenvalue weighted by atomic mass is 16.1. The van der Waals surface area contributed by atoms with E-state index in [2.05, 4.69) is 74.1 Å². The first-order valence-electron chi connectivity index (χ1n) is 9.71. The molecular formula is C21H41NO. The second kappa shape index (κ2) is 6.50. The van der Waals surface area contributed by atoms with Crippen LogP contribution in [0.15, 0.2) is 0 Å². The third-order valence-corrected chi connectivity index (χ3v) is 6.46. The highest BCUT2D eigenvalue weighted by Crippen LogP contribution is 2.53. The van der Waals surface area contributed by atoms with E-state index in [9.17, 15) is 4.79 Å². The molecule has 1 saturated heterocycles. The maximum atomic E-state index is 13.7. The summed E-state index contributed by atoms with van der Waals surface area (Å²) in [5.74, 6) is 0.642. The van der Waals surface area contributed by atoms with Gasteiger partial charge in [0.15, 0.2) is 5.78 Å². The molecule has 0 aromatic rings. The molecule has 2 nitrogen and oxygen atoms in total. The first-order valence-corrected chi connectivity index (χ1v) is 9.71. The van der Waals surface area contributed by atoms with Crippen molar-refractivity contribution in [3.63, 3.8) is 0 Å². The van der Waals surface area contributed by atoms with Crippen LogP contribution in [0.25, 0.3) is 0 Å². The van der Waals surface area contributed by atoms with Gasteiger partial charge < -0.3 is 0 Å². The van der Waals surface area contributed by atoms with Crippen LogP contribution in [0.2, 0.25) is 0 Å². The van der Waals surface area contributed by atoms with E-state index in [1.807, 2.05) is 0 Å². The summed E-state index contributed by atoms with van der Waals surface area (Å²) in [5, 5.41) is 0. The van der Waals surface area contributed by atoms with Gasteiger partial charge in [0.1, 0.15) is 0 Å². The lowest BCUT2D eigenvalue weighted by atomic mass is 9.58. The Labute approximate surface area is 145 Å². The van der Waals surface area contributed by atoms with Gasteiger partial charge in [0, 0.05) is 17.0 Å². The largest absolute Gasteiger partial charge is 0.297 e. The Bertz CT molecular complexity index is 416. The number of nitrogens with zero attached hydrogens (tertiary/aromatic N) is 1. The minimum Gasteiger partial charge on any atom is -0.297 e. The molecule has 0 amide bonds. The van der Waals surface area contributed by atoms with Gasteiger partial charge in [0.25, 0.3) is 0 Å². The molecule has 1 heterocycles. The molecular weight excluding hydrogens is 282 g/mol. The standard InChI is InChI=1S/C21H41NO/c1-11-20(12-2)15-16(18(5,6)7)17(23)21(13-3,14-4)22(20)19(8,9)10/h16H,11-15H2,1-10H3. The second-order valence-corrected chi connectivity index (χ2v) is 9.66. The highest BCUT2D eigenvalue weighted by Gasteiger charge is 2.61. The van der Waals surface area contributed by atoms with Gasteiger partial charge in [-0.25, -0.2) is 0 Å².